The van der Waals surface area contributed by atoms with Crippen molar-refractivity contribution >= 4 is 5.82 Å². The Balaban J connectivity index is 2.25. The Morgan fingerprint density at radius 3 is 2.38 bits per heavy atom. The standard InChI is InChI=1S/C17H23N3O/c1-5-7-13-8-10-14(11-9-13)21-17-12(3)16(18-4)19-15(6-2)20-17/h8-11H,5-7H2,1-4H3,(H,18,19,20). The molecule has 0 radical (unpaired) electrons. The smallest absolute Gasteiger partial charge is 0.227 e. The van der Waals surface area contributed by atoms with Crippen molar-refractivity contribution in [1.29, 1.82) is 0 Å². The summed E-state index contributed by atoms with van der Waals surface area (Å²) >= 11 is 0. The second kappa shape index (κ2) is 7.07. The van der Waals surface area contributed by atoms with Crippen LogP contribution in [0.1, 0.15) is 37.2 Å². The number of aromatic nitrogens is 2. The summed E-state index contributed by atoms with van der Waals surface area (Å²) < 4.78 is 5.94. The van der Waals surface area contributed by atoms with Gasteiger partial charge in [-0.3, -0.25) is 0 Å². The maximum absolute atomic E-state index is 5.94. The molecule has 0 unspecified atom stereocenters. The van der Waals surface area contributed by atoms with E-state index in [2.05, 4.69) is 34.3 Å². The molecule has 1 heterocycles. The first-order chi connectivity index (χ1) is 10.2. The number of nitrogens with one attached hydrogen (secondary N) is 1. The molecule has 1 aromatic carbocycles. The number of rotatable bonds is 6. The average molecular weight is 285 g/mol. The first-order valence-electron chi connectivity index (χ1n) is 7.50. The molecule has 4 heteroatoms. The Kier molecular flexibility index (Phi) is 5.14. The molecule has 1 aromatic heterocycles. The van der Waals surface area contributed by atoms with Gasteiger partial charge in [-0.1, -0.05) is 32.4 Å². The molecule has 0 aliphatic heterocycles. The topological polar surface area (TPSA) is 47.0 Å². The number of ether oxygens (including phenoxy) is 1. The van der Waals surface area contributed by atoms with Crippen molar-refractivity contribution < 1.29 is 4.74 Å². The number of aryl methyl sites for hydroxylation is 2. The van der Waals surface area contributed by atoms with Crippen LogP contribution in [0.5, 0.6) is 11.6 Å². The lowest BCUT2D eigenvalue weighted by Gasteiger charge is -2.12. The zero-order valence-electron chi connectivity index (χ0n) is 13.2. The summed E-state index contributed by atoms with van der Waals surface area (Å²) in [5, 5.41) is 3.09. The Hall–Kier alpha value is -2.10. The molecule has 1 N–H and O–H groups in total. The summed E-state index contributed by atoms with van der Waals surface area (Å²) in [5.74, 6) is 3.03. The van der Waals surface area contributed by atoms with E-state index in [0.29, 0.717) is 5.88 Å². The Bertz CT molecular complexity index is 594. The third-order valence-corrected chi connectivity index (χ3v) is 3.38. The second-order valence-electron chi connectivity index (χ2n) is 5.02. The van der Waals surface area contributed by atoms with Crippen molar-refractivity contribution in [3.63, 3.8) is 0 Å². The van der Waals surface area contributed by atoms with E-state index in [0.717, 1.165) is 42.2 Å². The summed E-state index contributed by atoms with van der Waals surface area (Å²) in [5.41, 5.74) is 2.25. The Labute approximate surface area is 126 Å². The SMILES string of the molecule is CCCc1ccc(Oc2nc(CC)nc(NC)c2C)cc1. The molecule has 0 aliphatic carbocycles. The van der Waals surface area contributed by atoms with Gasteiger partial charge in [0.05, 0.1) is 5.56 Å². The van der Waals surface area contributed by atoms with Gasteiger partial charge in [0.25, 0.3) is 0 Å². The fraction of sp³-hybridized carbons (Fsp3) is 0.412. The number of nitrogens with zero attached hydrogens (tertiary/aromatic N) is 2. The molecule has 0 saturated heterocycles. The van der Waals surface area contributed by atoms with Crippen molar-refractivity contribution in [2.75, 3.05) is 12.4 Å². The highest BCUT2D eigenvalue weighted by Gasteiger charge is 2.11. The van der Waals surface area contributed by atoms with Crippen molar-refractivity contribution in [2.24, 2.45) is 0 Å². The van der Waals surface area contributed by atoms with Crippen LogP contribution in [0.3, 0.4) is 0 Å². The maximum Gasteiger partial charge on any atom is 0.227 e. The van der Waals surface area contributed by atoms with Gasteiger partial charge in [-0.2, -0.15) is 4.98 Å². The third-order valence-electron chi connectivity index (χ3n) is 3.38. The molecular weight excluding hydrogens is 262 g/mol. The van der Waals surface area contributed by atoms with Gasteiger partial charge in [-0.15, -0.1) is 0 Å². The minimum absolute atomic E-state index is 0.620. The van der Waals surface area contributed by atoms with E-state index in [1.54, 1.807) is 0 Å². The van der Waals surface area contributed by atoms with Gasteiger partial charge < -0.3 is 10.1 Å². The summed E-state index contributed by atoms with van der Waals surface area (Å²) in [6.07, 6.45) is 3.02. The van der Waals surface area contributed by atoms with Gasteiger partial charge in [0.2, 0.25) is 5.88 Å². The highest BCUT2D eigenvalue weighted by molar-refractivity contribution is 5.49. The normalized spacial score (nSPS) is 10.5. The summed E-state index contributed by atoms with van der Waals surface area (Å²) in [6, 6.07) is 8.21. The number of benzene rings is 1. The van der Waals surface area contributed by atoms with Crippen LogP contribution >= 0.6 is 0 Å². The average Bonchev–Trinajstić information content (AvgIpc) is 2.51. The van der Waals surface area contributed by atoms with Crippen LogP contribution in [0, 0.1) is 6.92 Å². The first kappa shape index (κ1) is 15.3. The molecule has 21 heavy (non-hydrogen) atoms. The molecule has 0 saturated carbocycles. The molecule has 0 fully saturated rings. The van der Waals surface area contributed by atoms with Gasteiger partial charge in [0.1, 0.15) is 17.4 Å². The summed E-state index contributed by atoms with van der Waals surface area (Å²) in [7, 11) is 1.86. The predicted octanol–water partition coefficient (Wildman–Crippen LogP) is 4.13. The van der Waals surface area contributed by atoms with Crippen LogP contribution in [-0.2, 0) is 12.8 Å². The van der Waals surface area contributed by atoms with E-state index in [1.165, 1.54) is 5.56 Å². The molecule has 0 bridgehead atoms. The van der Waals surface area contributed by atoms with E-state index in [9.17, 15) is 0 Å². The van der Waals surface area contributed by atoms with Crippen LogP contribution in [-0.4, -0.2) is 17.0 Å². The lowest BCUT2D eigenvalue weighted by molar-refractivity contribution is 0.455. The molecule has 0 aliphatic rings. The fourth-order valence-corrected chi connectivity index (χ4v) is 2.17. The van der Waals surface area contributed by atoms with Crippen molar-refractivity contribution in [3.05, 3.63) is 41.2 Å². The third kappa shape index (κ3) is 3.72. The molecule has 4 nitrogen and oxygen atoms in total. The maximum atomic E-state index is 5.94. The first-order valence-corrected chi connectivity index (χ1v) is 7.50. The van der Waals surface area contributed by atoms with E-state index >= 15 is 0 Å². The van der Waals surface area contributed by atoms with Gasteiger partial charge in [0.15, 0.2) is 0 Å². The number of anilines is 1. The van der Waals surface area contributed by atoms with Gasteiger partial charge in [-0.25, -0.2) is 4.98 Å². The molecule has 112 valence electrons. The lowest BCUT2D eigenvalue weighted by Crippen LogP contribution is -2.04. The molecule has 2 aromatic rings. The van der Waals surface area contributed by atoms with Crippen LogP contribution in [0.15, 0.2) is 24.3 Å². The minimum Gasteiger partial charge on any atom is -0.439 e. The van der Waals surface area contributed by atoms with E-state index in [-0.39, 0.29) is 0 Å². The van der Waals surface area contributed by atoms with Crippen molar-refractivity contribution in [2.45, 2.75) is 40.0 Å². The summed E-state index contributed by atoms with van der Waals surface area (Å²) in [6.45, 7) is 6.18. The van der Waals surface area contributed by atoms with Crippen molar-refractivity contribution in [3.8, 4) is 11.6 Å². The summed E-state index contributed by atoms with van der Waals surface area (Å²) in [4.78, 5) is 8.93. The highest BCUT2D eigenvalue weighted by atomic mass is 16.5. The molecular formula is C17H23N3O. The molecule has 0 spiro atoms. The monoisotopic (exact) mass is 285 g/mol. The Morgan fingerprint density at radius 1 is 1.10 bits per heavy atom. The van der Waals surface area contributed by atoms with Crippen LogP contribution in [0.4, 0.5) is 5.82 Å². The lowest BCUT2D eigenvalue weighted by atomic mass is 10.1. The largest absolute Gasteiger partial charge is 0.439 e. The quantitative estimate of drug-likeness (QED) is 0.866. The second-order valence-corrected chi connectivity index (χ2v) is 5.02. The number of hydrogen-bond donors (Lipinski definition) is 1. The fourth-order valence-electron chi connectivity index (χ4n) is 2.17. The van der Waals surface area contributed by atoms with Gasteiger partial charge >= 0.3 is 0 Å². The molecule has 0 amide bonds. The van der Waals surface area contributed by atoms with Crippen molar-refractivity contribution in [1.82, 2.24) is 9.97 Å². The highest BCUT2D eigenvalue weighted by Crippen LogP contribution is 2.27. The number of hydrogen-bond acceptors (Lipinski definition) is 4. The van der Waals surface area contributed by atoms with Crippen LogP contribution in [0.2, 0.25) is 0 Å². The van der Waals surface area contributed by atoms with Gasteiger partial charge in [0, 0.05) is 13.5 Å². The van der Waals surface area contributed by atoms with E-state index in [1.807, 2.05) is 33.0 Å². The molecule has 2 rings (SSSR count). The Morgan fingerprint density at radius 2 is 1.81 bits per heavy atom. The van der Waals surface area contributed by atoms with Crippen LogP contribution < -0.4 is 10.1 Å². The zero-order chi connectivity index (χ0) is 15.2. The zero-order valence-corrected chi connectivity index (χ0v) is 13.2. The van der Waals surface area contributed by atoms with E-state index < -0.39 is 0 Å². The van der Waals surface area contributed by atoms with E-state index in [4.69, 9.17) is 4.74 Å². The van der Waals surface area contributed by atoms with Crippen LogP contribution in [0.25, 0.3) is 0 Å². The molecule has 0 atom stereocenters. The van der Waals surface area contributed by atoms with Gasteiger partial charge in [-0.05, 0) is 31.0 Å². The minimum atomic E-state index is 0.620. The predicted molar refractivity (Wildman–Crippen MR) is 86.2 cm³/mol.